The molecule has 1 heterocycles. The van der Waals surface area contributed by atoms with Crippen LogP contribution in [0.15, 0.2) is 0 Å². The lowest BCUT2D eigenvalue weighted by Crippen LogP contribution is -2.34. The number of anilines is 1. The quantitative estimate of drug-likeness (QED) is 0.862. The van der Waals surface area contributed by atoms with E-state index in [9.17, 15) is 4.79 Å². The molecule has 0 amide bonds. The molecule has 1 N–H and O–H groups in total. The summed E-state index contributed by atoms with van der Waals surface area (Å²) in [6.07, 6.45) is 3.75. The fourth-order valence-corrected chi connectivity index (χ4v) is 3.63. The second-order valence-corrected chi connectivity index (χ2v) is 6.44. The van der Waals surface area contributed by atoms with E-state index in [0.717, 1.165) is 16.7 Å². The molecular formula is C14H22N2O2S. The Morgan fingerprint density at radius 2 is 2.16 bits per heavy atom. The summed E-state index contributed by atoms with van der Waals surface area (Å²) in [6.45, 7) is 6.45. The number of nitrogens with one attached hydrogen (secondary N) is 1. The van der Waals surface area contributed by atoms with Gasteiger partial charge in [-0.15, -0.1) is 0 Å². The number of methoxy groups -OCH3 is 1. The van der Waals surface area contributed by atoms with Gasteiger partial charge in [-0.25, -0.2) is 9.78 Å². The van der Waals surface area contributed by atoms with E-state index in [1.54, 1.807) is 0 Å². The van der Waals surface area contributed by atoms with E-state index >= 15 is 0 Å². The Hall–Kier alpha value is -1.10. The van der Waals surface area contributed by atoms with Crippen LogP contribution in [0.3, 0.4) is 0 Å². The van der Waals surface area contributed by atoms with E-state index in [2.05, 4.69) is 24.1 Å². The third-order valence-corrected chi connectivity index (χ3v) is 5.25. The van der Waals surface area contributed by atoms with Crippen LogP contribution < -0.4 is 5.32 Å². The molecule has 0 radical (unpaired) electrons. The molecule has 0 bridgehead atoms. The molecule has 0 aromatic carbocycles. The van der Waals surface area contributed by atoms with Crippen molar-refractivity contribution in [3.63, 3.8) is 0 Å². The molecule has 1 aliphatic carbocycles. The Morgan fingerprint density at radius 1 is 1.42 bits per heavy atom. The second kappa shape index (κ2) is 5.90. The predicted octanol–water partition coefficient (Wildman–Crippen LogP) is 3.47. The molecule has 106 valence electrons. The summed E-state index contributed by atoms with van der Waals surface area (Å²) in [7, 11) is 1.40. The molecular weight excluding hydrogens is 260 g/mol. The molecule has 5 heteroatoms. The molecule has 3 unspecified atom stereocenters. The molecule has 0 spiro atoms. The average molecular weight is 282 g/mol. The highest BCUT2D eigenvalue weighted by atomic mass is 32.1. The fourth-order valence-electron chi connectivity index (χ4n) is 2.68. The van der Waals surface area contributed by atoms with Gasteiger partial charge < -0.3 is 10.1 Å². The largest absolute Gasteiger partial charge is 0.465 e. The van der Waals surface area contributed by atoms with Gasteiger partial charge in [-0.1, -0.05) is 38.0 Å². The van der Waals surface area contributed by atoms with E-state index in [-0.39, 0.29) is 5.97 Å². The van der Waals surface area contributed by atoms with Gasteiger partial charge >= 0.3 is 5.97 Å². The molecule has 19 heavy (non-hydrogen) atoms. The number of rotatable bonds is 3. The number of nitrogens with zero attached hydrogens (tertiary/aromatic N) is 1. The van der Waals surface area contributed by atoms with Crippen LogP contribution in [-0.4, -0.2) is 24.1 Å². The summed E-state index contributed by atoms with van der Waals surface area (Å²) in [5.74, 6) is 1.08. The van der Waals surface area contributed by atoms with Gasteiger partial charge in [0.25, 0.3) is 0 Å². The minimum atomic E-state index is -0.298. The summed E-state index contributed by atoms with van der Waals surface area (Å²) in [6, 6.07) is 0.458. The van der Waals surface area contributed by atoms with Crippen molar-refractivity contribution < 1.29 is 9.53 Å². The molecule has 3 atom stereocenters. The highest BCUT2D eigenvalue weighted by Gasteiger charge is 2.28. The van der Waals surface area contributed by atoms with Gasteiger partial charge in [-0.2, -0.15) is 0 Å². The zero-order chi connectivity index (χ0) is 14.0. The maximum absolute atomic E-state index is 11.6. The maximum atomic E-state index is 11.6. The van der Waals surface area contributed by atoms with E-state index in [4.69, 9.17) is 4.74 Å². The number of aryl methyl sites for hydroxylation is 1. The third-order valence-electron chi connectivity index (χ3n) is 4.18. The minimum Gasteiger partial charge on any atom is -0.465 e. The van der Waals surface area contributed by atoms with E-state index in [0.29, 0.717) is 16.8 Å². The number of aromatic nitrogens is 1. The highest BCUT2D eigenvalue weighted by molar-refractivity contribution is 7.17. The first-order chi connectivity index (χ1) is 9.02. The van der Waals surface area contributed by atoms with E-state index < -0.39 is 0 Å². The van der Waals surface area contributed by atoms with E-state index in [1.807, 2.05) is 6.92 Å². The van der Waals surface area contributed by atoms with Crippen molar-refractivity contribution in [3.8, 4) is 0 Å². The van der Waals surface area contributed by atoms with Crippen molar-refractivity contribution >= 4 is 22.4 Å². The maximum Gasteiger partial charge on any atom is 0.350 e. The van der Waals surface area contributed by atoms with Crippen molar-refractivity contribution in [3.05, 3.63) is 10.6 Å². The van der Waals surface area contributed by atoms with Gasteiger partial charge in [0.1, 0.15) is 4.88 Å². The SMILES string of the molecule is COC(=O)c1sc(NC2CCCC(C)C2C)nc1C. The van der Waals surface area contributed by atoms with Gasteiger partial charge in [0.2, 0.25) is 0 Å². The lowest BCUT2D eigenvalue weighted by molar-refractivity contribution is 0.0605. The Bertz CT molecular complexity index is 458. The zero-order valence-electron chi connectivity index (χ0n) is 12.0. The topological polar surface area (TPSA) is 51.2 Å². The van der Waals surface area contributed by atoms with Crippen molar-refractivity contribution in [1.82, 2.24) is 4.98 Å². The number of esters is 1. The lowest BCUT2D eigenvalue weighted by Gasteiger charge is -2.34. The van der Waals surface area contributed by atoms with Crippen LogP contribution in [0.5, 0.6) is 0 Å². The molecule has 1 aromatic heterocycles. The summed E-state index contributed by atoms with van der Waals surface area (Å²) in [5, 5.41) is 4.34. The van der Waals surface area contributed by atoms with Crippen LogP contribution in [0.25, 0.3) is 0 Å². The summed E-state index contributed by atoms with van der Waals surface area (Å²) in [5.41, 5.74) is 0.746. The normalized spacial score (nSPS) is 27.1. The number of carbonyl (C=O) groups excluding carboxylic acids is 1. The molecule has 4 nitrogen and oxygen atoms in total. The van der Waals surface area contributed by atoms with Gasteiger partial charge in [-0.3, -0.25) is 0 Å². The monoisotopic (exact) mass is 282 g/mol. The van der Waals surface area contributed by atoms with Gasteiger partial charge in [0.15, 0.2) is 5.13 Å². The standard InChI is InChI=1S/C14H22N2O2S/c1-8-6-5-7-11(9(8)2)16-14-15-10(3)12(19-14)13(17)18-4/h8-9,11H,5-7H2,1-4H3,(H,15,16). The molecule has 0 aliphatic heterocycles. The molecule has 0 saturated heterocycles. The van der Waals surface area contributed by atoms with Crippen LogP contribution in [0.4, 0.5) is 5.13 Å². The predicted molar refractivity (Wildman–Crippen MR) is 77.8 cm³/mol. The van der Waals surface area contributed by atoms with Crippen molar-refractivity contribution in [1.29, 1.82) is 0 Å². The first-order valence-electron chi connectivity index (χ1n) is 6.85. The Labute approximate surface area is 118 Å². The highest BCUT2D eigenvalue weighted by Crippen LogP contribution is 2.33. The summed E-state index contributed by atoms with van der Waals surface area (Å²) in [4.78, 5) is 16.6. The minimum absolute atomic E-state index is 0.298. The molecule has 1 aliphatic rings. The average Bonchev–Trinajstić information content (AvgIpc) is 2.75. The fraction of sp³-hybridized carbons (Fsp3) is 0.714. The summed E-state index contributed by atoms with van der Waals surface area (Å²) >= 11 is 1.39. The van der Waals surface area contributed by atoms with Gasteiger partial charge in [-0.05, 0) is 25.2 Å². The number of hydrogen-bond acceptors (Lipinski definition) is 5. The molecule has 1 saturated carbocycles. The van der Waals surface area contributed by atoms with Crippen LogP contribution in [0, 0.1) is 18.8 Å². The number of carbonyl (C=O) groups is 1. The molecule has 1 fully saturated rings. The Kier molecular flexibility index (Phi) is 4.45. The van der Waals surface area contributed by atoms with Crippen LogP contribution in [-0.2, 0) is 4.74 Å². The van der Waals surface area contributed by atoms with Crippen LogP contribution >= 0.6 is 11.3 Å². The van der Waals surface area contributed by atoms with Crippen molar-refractivity contribution in [2.45, 2.75) is 46.1 Å². The van der Waals surface area contributed by atoms with Crippen molar-refractivity contribution in [2.24, 2.45) is 11.8 Å². The molecule has 2 rings (SSSR count). The molecule has 1 aromatic rings. The lowest BCUT2D eigenvalue weighted by atomic mass is 9.78. The Morgan fingerprint density at radius 3 is 2.84 bits per heavy atom. The second-order valence-electron chi connectivity index (χ2n) is 5.44. The Balaban J connectivity index is 2.09. The van der Waals surface area contributed by atoms with Crippen molar-refractivity contribution in [2.75, 3.05) is 12.4 Å². The summed E-state index contributed by atoms with van der Waals surface area (Å²) < 4.78 is 4.76. The van der Waals surface area contributed by atoms with Gasteiger partial charge in [0, 0.05) is 6.04 Å². The van der Waals surface area contributed by atoms with Crippen LogP contribution in [0.1, 0.15) is 48.5 Å². The number of hydrogen-bond donors (Lipinski definition) is 1. The first kappa shape index (κ1) is 14.3. The zero-order valence-corrected chi connectivity index (χ0v) is 12.8. The van der Waals surface area contributed by atoms with Gasteiger partial charge in [0.05, 0.1) is 12.8 Å². The smallest absolute Gasteiger partial charge is 0.350 e. The first-order valence-corrected chi connectivity index (χ1v) is 7.66. The van der Waals surface area contributed by atoms with E-state index in [1.165, 1.54) is 37.7 Å². The third kappa shape index (κ3) is 3.08. The van der Waals surface area contributed by atoms with Crippen LogP contribution in [0.2, 0.25) is 0 Å². The number of thiazole rings is 1. The number of ether oxygens (including phenoxy) is 1.